The van der Waals surface area contributed by atoms with E-state index in [4.69, 9.17) is 0 Å². The van der Waals surface area contributed by atoms with Gasteiger partial charge < -0.3 is 19.7 Å². The standard InChI is InChI=1S/C20H29N5O/c1-23(2)12-13-25(15-18-14-21-16-22-18)20(26)17-6-8-19(9-7-17)24-10-4-3-5-11-24/h6-9,14,16H,3-5,10-13,15H2,1-2H3,(H,21,22). The number of nitrogens with one attached hydrogen (secondary N) is 1. The summed E-state index contributed by atoms with van der Waals surface area (Å²) in [6.45, 7) is 4.27. The summed E-state index contributed by atoms with van der Waals surface area (Å²) >= 11 is 0. The van der Waals surface area contributed by atoms with E-state index in [1.807, 2.05) is 31.1 Å². The maximum Gasteiger partial charge on any atom is 0.254 e. The zero-order valence-electron chi connectivity index (χ0n) is 15.8. The van der Waals surface area contributed by atoms with Crippen LogP contribution >= 0.6 is 0 Å². The van der Waals surface area contributed by atoms with Gasteiger partial charge in [0.1, 0.15) is 0 Å². The highest BCUT2D eigenvalue weighted by Crippen LogP contribution is 2.21. The second-order valence-electron chi connectivity index (χ2n) is 7.20. The topological polar surface area (TPSA) is 55.5 Å². The number of aromatic nitrogens is 2. The Morgan fingerprint density at radius 2 is 1.85 bits per heavy atom. The minimum Gasteiger partial charge on any atom is -0.372 e. The van der Waals surface area contributed by atoms with Crippen molar-refractivity contribution in [3.63, 3.8) is 0 Å². The van der Waals surface area contributed by atoms with Gasteiger partial charge in [0.25, 0.3) is 5.91 Å². The van der Waals surface area contributed by atoms with Crippen LogP contribution in [0.5, 0.6) is 0 Å². The number of anilines is 1. The van der Waals surface area contributed by atoms with E-state index in [0.29, 0.717) is 13.1 Å². The van der Waals surface area contributed by atoms with Crippen molar-refractivity contribution < 1.29 is 4.79 Å². The lowest BCUT2D eigenvalue weighted by atomic mass is 10.1. The van der Waals surface area contributed by atoms with Crippen LogP contribution in [-0.4, -0.2) is 65.9 Å². The summed E-state index contributed by atoms with van der Waals surface area (Å²) in [4.78, 5) is 26.6. The maximum atomic E-state index is 13.0. The fourth-order valence-corrected chi connectivity index (χ4v) is 3.30. The van der Waals surface area contributed by atoms with Gasteiger partial charge in [-0.05, 0) is 57.6 Å². The van der Waals surface area contributed by atoms with E-state index in [-0.39, 0.29) is 5.91 Å². The van der Waals surface area contributed by atoms with E-state index >= 15 is 0 Å². The Morgan fingerprint density at radius 3 is 2.46 bits per heavy atom. The molecule has 6 nitrogen and oxygen atoms in total. The summed E-state index contributed by atoms with van der Waals surface area (Å²) in [5, 5.41) is 0. The number of H-pyrrole nitrogens is 1. The number of rotatable bonds is 7. The quantitative estimate of drug-likeness (QED) is 0.829. The molecular weight excluding hydrogens is 326 g/mol. The third-order valence-electron chi connectivity index (χ3n) is 4.86. The fourth-order valence-electron chi connectivity index (χ4n) is 3.30. The van der Waals surface area contributed by atoms with Crippen molar-refractivity contribution in [2.75, 3.05) is 45.2 Å². The van der Waals surface area contributed by atoms with Gasteiger partial charge in [-0.25, -0.2) is 4.98 Å². The van der Waals surface area contributed by atoms with Crippen LogP contribution in [0.1, 0.15) is 35.3 Å². The third-order valence-corrected chi connectivity index (χ3v) is 4.86. The van der Waals surface area contributed by atoms with Crippen LogP contribution in [0.4, 0.5) is 5.69 Å². The van der Waals surface area contributed by atoms with Gasteiger partial charge >= 0.3 is 0 Å². The predicted octanol–water partition coefficient (Wildman–Crippen LogP) is 2.60. The monoisotopic (exact) mass is 355 g/mol. The Labute approximate surface area is 155 Å². The first kappa shape index (κ1) is 18.5. The molecule has 0 radical (unpaired) electrons. The number of amides is 1. The second-order valence-corrected chi connectivity index (χ2v) is 7.20. The van der Waals surface area contributed by atoms with Crippen molar-refractivity contribution in [2.45, 2.75) is 25.8 Å². The Kier molecular flexibility index (Phi) is 6.28. The molecule has 1 aliphatic heterocycles. The number of hydrogen-bond acceptors (Lipinski definition) is 4. The van der Waals surface area contributed by atoms with Crippen molar-refractivity contribution in [3.05, 3.63) is 48.0 Å². The molecule has 1 aromatic heterocycles. The molecule has 0 atom stereocenters. The molecule has 0 spiro atoms. The number of imidazole rings is 1. The van der Waals surface area contributed by atoms with Gasteiger partial charge in [-0.1, -0.05) is 0 Å². The molecule has 0 bridgehead atoms. The predicted molar refractivity (Wildman–Crippen MR) is 104 cm³/mol. The van der Waals surface area contributed by atoms with Gasteiger partial charge in [0.05, 0.1) is 18.6 Å². The number of hydrogen-bond donors (Lipinski definition) is 1. The zero-order valence-corrected chi connectivity index (χ0v) is 15.8. The highest BCUT2D eigenvalue weighted by atomic mass is 16.2. The molecular formula is C20H29N5O. The third kappa shape index (κ3) is 4.85. The smallest absolute Gasteiger partial charge is 0.254 e. The van der Waals surface area contributed by atoms with Crippen LogP contribution in [0.25, 0.3) is 0 Å². The van der Waals surface area contributed by atoms with E-state index in [1.165, 1.54) is 24.9 Å². The van der Waals surface area contributed by atoms with E-state index < -0.39 is 0 Å². The van der Waals surface area contributed by atoms with Gasteiger partial charge in [0, 0.05) is 43.6 Å². The van der Waals surface area contributed by atoms with Crippen LogP contribution in [0.3, 0.4) is 0 Å². The number of nitrogens with zero attached hydrogens (tertiary/aromatic N) is 4. The molecule has 1 amide bonds. The Bertz CT molecular complexity index is 675. The molecule has 2 heterocycles. The van der Waals surface area contributed by atoms with E-state index in [9.17, 15) is 4.79 Å². The van der Waals surface area contributed by atoms with Crippen LogP contribution in [-0.2, 0) is 6.54 Å². The SMILES string of the molecule is CN(C)CCN(Cc1cnc[nH]1)C(=O)c1ccc(N2CCCCC2)cc1. The molecule has 26 heavy (non-hydrogen) atoms. The molecule has 1 aromatic carbocycles. The van der Waals surface area contributed by atoms with Gasteiger partial charge in [-0.2, -0.15) is 0 Å². The van der Waals surface area contributed by atoms with Crippen LogP contribution in [0, 0.1) is 0 Å². The molecule has 1 aliphatic rings. The average Bonchev–Trinajstić information content (AvgIpc) is 3.18. The first-order valence-electron chi connectivity index (χ1n) is 9.40. The van der Waals surface area contributed by atoms with Gasteiger partial charge in [-0.15, -0.1) is 0 Å². The fraction of sp³-hybridized carbons (Fsp3) is 0.500. The van der Waals surface area contributed by atoms with Gasteiger partial charge in [0.15, 0.2) is 0 Å². The van der Waals surface area contributed by atoms with Crippen molar-refractivity contribution in [1.82, 2.24) is 19.8 Å². The first-order chi connectivity index (χ1) is 12.6. The first-order valence-corrected chi connectivity index (χ1v) is 9.40. The average molecular weight is 355 g/mol. The van der Waals surface area contributed by atoms with E-state index in [1.54, 1.807) is 12.5 Å². The number of piperidine rings is 1. The molecule has 1 N–H and O–H groups in total. The highest BCUT2D eigenvalue weighted by Gasteiger charge is 2.18. The Hall–Kier alpha value is -2.34. The maximum absolute atomic E-state index is 13.0. The minimum absolute atomic E-state index is 0.0617. The Morgan fingerprint density at radius 1 is 1.12 bits per heavy atom. The molecule has 140 valence electrons. The molecule has 0 aliphatic carbocycles. The summed E-state index contributed by atoms with van der Waals surface area (Å²) in [5.41, 5.74) is 2.90. The summed E-state index contributed by atoms with van der Waals surface area (Å²) < 4.78 is 0. The van der Waals surface area contributed by atoms with E-state index in [0.717, 1.165) is 30.9 Å². The van der Waals surface area contributed by atoms with Crippen LogP contribution in [0.15, 0.2) is 36.8 Å². The molecule has 0 unspecified atom stereocenters. The summed E-state index contributed by atoms with van der Waals surface area (Å²) in [6.07, 6.45) is 7.25. The molecule has 1 saturated heterocycles. The summed E-state index contributed by atoms with van der Waals surface area (Å²) in [6, 6.07) is 8.08. The van der Waals surface area contributed by atoms with Crippen LogP contribution in [0.2, 0.25) is 0 Å². The van der Waals surface area contributed by atoms with E-state index in [2.05, 4.69) is 31.9 Å². The lowest BCUT2D eigenvalue weighted by Crippen LogP contribution is -2.36. The normalized spacial score (nSPS) is 14.7. The lowest BCUT2D eigenvalue weighted by Gasteiger charge is -2.29. The van der Waals surface area contributed by atoms with Crippen molar-refractivity contribution in [1.29, 1.82) is 0 Å². The van der Waals surface area contributed by atoms with Crippen LogP contribution < -0.4 is 4.90 Å². The molecule has 3 rings (SSSR count). The van der Waals surface area contributed by atoms with Crippen molar-refractivity contribution in [3.8, 4) is 0 Å². The summed E-state index contributed by atoms with van der Waals surface area (Å²) in [7, 11) is 4.04. The molecule has 0 saturated carbocycles. The lowest BCUT2D eigenvalue weighted by molar-refractivity contribution is 0.0730. The van der Waals surface area contributed by atoms with Gasteiger partial charge in [-0.3, -0.25) is 4.79 Å². The number of likely N-dealkylation sites (N-methyl/N-ethyl adjacent to an activating group) is 1. The molecule has 2 aromatic rings. The zero-order chi connectivity index (χ0) is 18.4. The molecule has 6 heteroatoms. The number of carbonyl (C=O) groups is 1. The molecule has 1 fully saturated rings. The highest BCUT2D eigenvalue weighted by molar-refractivity contribution is 5.94. The number of aromatic amines is 1. The number of benzene rings is 1. The number of carbonyl (C=O) groups excluding carboxylic acids is 1. The Balaban J connectivity index is 1.70. The van der Waals surface area contributed by atoms with Crippen molar-refractivity contribution in [2.24, 2.45) is 0 Å². The van der Waals surface area contributed by atoms with Gasteiger partial charge in [0.2, 0.25) is 0 Å². The second kappa shape index (κ2) is 8.85. The van der Waals surface area contributed by atoms with Crippen molar-refractivity contribution >= 4 is 11.6 Å². The summed E-state index contributed by atoms with van der Waals surface area (Å²) in [5.74, 6) is 0.0617. The minimum atomic E-state index is 0.0617. The largest absolute Gasteiger partial charge is 0.372 e.